The van der Waals surface area contributed by atoms with Crippen molar-refractivity contribution in [1.29, 1.82) is 0 Å². The molecule has 1 heterocycles. The van der Waals surface area contributed by atoms with Gasteiger partial charge in [0.2, 0.25) is 23.6 Å². The molecule has 0 aliphatic carbocycles. The van der Waals surface area contributed by atoms with Crippen LogP contribution in [0, 0.1) is 5.92 Å². The largest absolute Gasteiger partial charge is 0.481 e. The third-order valence-electron chi connectivity index (χ3n) is 5.16. The van der Waals surface area contributed by atoms with Crippen molar-refractivity contribution in [1.82, 2.24) is 25.9 Å². The van der Waals surface area contributed by atoms with Crippen LogP contribution in [-0.2, 0) is 35.2 Å². The van der Waals surface area contributed by atoms with Gasteiger partial charge in [-0.15, -0.1) is 0 Å². The molecule has 0 fully saturated rings. The van der Waals surface area contributed by atoms with E-state index in [-0.39, 0.29) is 6.42 Å². The Labute approximate surface area is 200 Å². The van der Waals surface area contributed by atoms with Crippen molar-refractivity contribution < 1.29 is 39.0 Å². The molecule has 0 aliphatic heterocycles. The molecule has 1 rings (SSSR count). The Balaban J connectivity index is 3.10. The van der Waals surface area contributed by atoms with E-state index in [9.17, 15) is 33.9 Å². The molecule has 15 nitrogen and oxygen atoms in total. The zero-order valence-corrected chi connectivity index (χ0v) is 19.3. The van der Waals surface area contributed by atoms with Gasteiger partial charge in [-0.2, -0.15) is 0 Å². The molecule has 0 aromatic carbocycles. The van der Waals surface area contributed by atoms with Crippen LogP contribution in [0.5, 0.6) is 0 Å². The molecular formula is C20H31N7O8. The predicted octanol–water partition coefficient (Wildman–Crippen LogP) is -2.79. The van der Waals surface area contributed by atoms with E-state index in [0.717, 1.165) is 0 Å². The van der Waals surface area contributed by atoms with Gasteiger partial charge >= 0.3 is 11.9 Å². The number of nitrogens with zero attached hydrogens (tertiary/aromatic N) is 1. The number of carboxylic acids is 2. The minimum atomic E-state index is -1.62. The summed E-state index contributed by atoms with van der Waals surface area (Å²) >= 11 is 0. The van der Waals surface area contributed by atoms with Crippen LogP contribution >= 0.6 is 0 Å². The first-order chi connectivity index (χ1) is 16.3. The summed E-state index contributed by atoms with van der Waals surface area (Å²) in [5.74, 6) is -6.75. The molecular weight excluding hydrogens is 466 g/mol. The Morgan fingerprint density at radius 2 is 1.63 bits per heavy atom. The Bertz CT molecular complexity index is 921. The molecule has 1 aromatic rings. The molecule has 10 N–H and O–H groups in total. The van der Waals surface area contributed by atoms with Gasteiger partial charge in [0.15, 0.2) is 0 Å². The summed E-state index contributed by atoms with van der Waals surface area (Å²) in [5.41, 5.74) is 11.0. The maximum absolute atomic E-state index is 13.1. The van der Waals surface area contributed by atoms with Crippen molar-refractivity contribution in [3.05, 3.63) is 18.2 Å². The lowest BCUT2D eigenvalue weighted by Crippen LogP contribution is -2.59. The van der Waals surface area contributed by atoms with Crippen molar-refractivity contribution in [2.75, 3.05) is 0 Å². The first kappa shape index (κ1) is 29.0. The molecule has 5 unspecified atom stereocenters. The fourth-order valence-corrected chi connectivity index (χ4v) is 3.00. The number of primary amides is 1. The van der Waals surface area contributed by atoms with Crippen LogP contribution in [0.25, 0.3) is 0 Å². The summed E-state index contributed by atoms with van der Waals surface area (Å²) < 4.78 is 0. The molecule has 194 valence electrons. The zero-order chi connectivity index (χ0) is 26.7. The number of nitrogens with two attached hydrogens (primary N) is 2. The average Bonchev–Trinajstić information content (AvgIpc) is 3.27. The van der Waals surface area contributed by atoms with E-state index in [1.807, 2.05) is 0 Å². The van der Waals surface area contributed by atoms with Crippen molar-refractivity contribution in [2.45, 2.75) is 63.7 Å². The number of aromatic nitrogens is 2. The Morgan fingerprint density at radius 3 is 2.11 bits per heavy atom. The number of carbonyl (C=O) groups is 6. The topological polar surface area (TPSA) is 260 Å². The minimum absolute atomic E-state index is 0.125. The van der Waals surface area contributed by atoms with Gasteiger partial charge in [0, 0.05) is 18.3 Å². The molecule has 1 aromatic heterocycles. The highest BCUT2D eigenvalue weighted by atomic mass is 16.4. The zero-order valence-electron chi connectivity index (χ0n) is 19.3. The Morgan fingerprint density at radius 1 is 1.00 bits per heavy atom. The van der Waals surface area contributed by atoms with E-state index in [2.05, 4.69) is 25.9 Å². The van der Waals surface area contributed by atoms with E-state index in [1.165, 1.54) is 12.5 Å². The van der Waals surface area contributed by atoms with Gasteiger partial charge in [-0.05, 0) is 5.92 Å². The van der Waals surface area contributed by atoms with Crippen LogP contribution in [0.15, 0.2) is 12.5 Å². The van der Waals surface area contributed by atoms with Crippen LogP contribution < -0.4 is 27.4 Å². The molecule has 0 saturated carbocycles. The standard InChI is InChI=1S/C20H31N7O8/c1-3-9(2)16(27-17(31)11(21)5-15(29)30)19(33)25-12(4-10-7-23-8-24-10)18(32)26-13(20(34)35)6-14(22)28/h7-9,11-13,16H,3-6,21H2,1-2H3,(H2,22,28)(H,23,24)(H,25,33)(H,26,32)(H,27,31)(H,29,30)(H,34,35). The van der Waals surface area contributed by atoms with Gasteiger partial charge in [0.25, 0.3) is 0 Å². The number of carbonyl (C=O) groups excluding carboxylic acids is 4. The van der Waals surface area contributed by atoms with Crippen molar-refractivity contribution in [2.24, 2.45) is 17.4 Å². The van der Waals surface area contributed by atoms with Gasteiger partial charge in [-0.3, -0.25) is 24.0 Å². The SMILES string of the molecule is CCC(C)C(NC(=O)C(N)CC(=O)O)C(=O)NC(Cc1cnc[nH]1)C(=O)NC(CC(N)=O)C(=O)O. The summed E-state index contributed by atoms with van der Waals surface area (Å²) in [6.07, 6.45) is 1.72. The number of aliphatic carboxylic acids is 2. The molecule has 0 radical (unpaired) electrons. The number of rotatable bonds is 15. The molecule has 5 atom stereocenters. The Hall–Kier alpha value is -4.01. The summed E-state index contributed by atoms with van der Waals surface area (Å²) in [6, 6.07) is -5.53. The van der Waals surface area contributed by atoms with Gasteiger partial charge in [-0.1, -0.05) is 20.3 Å². The molecule has 0 spiro atoms. The fraction of sp³-hybridized carbons (Fsp3) is 0.550. The van der Waals surface area contributed by atoms with Crippen LogP contribution in [0.2, 0.25) is 0 Å². The predicted molar refractivity (Wildman–Crippen MR) is 119 cm³/mol. The van der Waals surface area contributed by atoms with Crippen LogP contribution in [0.4, 0.5) is 0 Å². The summed E-state index contributed by atoms with van der Waals surface area (Å²) in [7, 11) is 0. The molecule has 0 saturated heterocycles. The van der Waals surface area contributed by atoms with Crippen molar-refractivity contribution in [3.63, 3.8) is 0 Å². The highest BCUT2D eigenvalue weighted by molar-refractivity contribution is 5.95. The number of nitrogens with one attached hydrogen (secondary N) is 4. The van der Waals surface area contributed by atoms with Crippen molar-refractivity contribution in [3.8, 4) is 0 Å². The molecule has 0 aliphatic rings. The van der Waals surface area contributed by atoms with Crippen LogP contribution in [-0.4, -0.2) is 79.9 Å². The number of imidazole rings is 1. The second-order valence-electron chi connectivity index (χ2n) is 7.99. The lowest BCUT2D eigenvalue weighted by atomic mass is 9.97. The van der Waals surface area contributed by atoms with Crippen LogP contribution in [0.3, 0.4) is 0 Å². The highest BCUT2D eigenvalue weighted by Gasteiger charge is 2.33. The van der Waals surface area contributed by atoms with Crippen LogP contribution in [0.1, 0.15) is 38.8 Å². The fourth-order valence-electron chi connectivity index (χ4n) is 3.00. The van der Waals surface area contributed by atoms with E-state index in [4.69, 9.17) is 16.6 Å². The maximum Gasteiger partial charge on any atom is 0.326 e. The molecule has 4 amide bonds. The normalized spacial score (nSPS) is 15.1. The molecule has 0 bridgehead atoms. The monoisotopic (exact) mass is 497 g/mol. The maximum atomic E-state index is 13.1. The van der Waals surface area contributed by atoms with Gasteiger partial charge in [-0.25, -0.2) is 9.78 Å². The second-order valence-corrected chi connectivity index (χ2v) is 7.99. The quantitative estimate of drug-likeness (QED) is 0.123. The number of H-pyrrole nitrogens is 1. The summed E-state index contributed by atoms with van der Waals surface area (Å²) in [4.78, 5) is 78.3. The number of amides is 4. The summed E-state index contributed by atoms with van der Waals surface area (Å²) in [5, 5.41) is 25.2. The van der Waals surface area contributed by atoms with Crippen molar-refractivity contribution >= 4 is 35.6 Å². The first-order valence-electron chi connectivity index (χ1n) is 10.7. The number of hydrogen-bond donors (Lipinski definition) is 8. The van der Waals surface area contributed by atoms with E-state index in [1.54, 1.807) is 13.8 Å². The van der Waals surface area contributed by atoms with Gasteiger partial charge in [0.1, 0.15) is 18.1 Å². The summed E-state index contributed by atoms with van der Waals surface area (Å²) in [6.45, 7) is 3.41. The van der Waals surface area contributed by atoms with E-state index in [0.29, 0.717) is 12.1 Å². The average molecular weight is 498 g/mol. The number of aromatic amines is 1. The van der Waals surface area contributed by atoms with E-state index < -0.39 is 78.5 Å². The third kappa shape index (κ3) is 9.79. The number of carboxylic acid groups (broad SMARTS) is 2. The second kappa shape index (κ2) is 13.6. The molecule has 15 heteroatoms. The number of hydrogen-bond acceptors (Lipinski definition) is 8. The lowest BCUT2D eigenvalue weighted by molar-refractivity contribution is -0.143. The molecule has 35 heavy (non-hydrogen) atoms. The van der Waals surface area contributed by atoms with E-state index >= 15 is 0 Å². The Kier molecular flexibility index (Phi) is 11.3. The third-order valence-corrected chi connectivity index (χ3v) is 5.16. The van der Waals surface area contributed by atoms with Gasteiger partial charge < -0.3 is 42.6 Å². The first-order valence-corrected chi connectivity index (χ1v) is 10.7. The minimum Gasteiger partial charge on any atom is -0.481 e. The smallest absolute Gasteiger partial charge is 0.326 e. The lowest BCUT2D eigenvalue weighted by Gasteiger charge is -2.27. The highest BCUT2D eigenvalue weighted by Crippen LogP contribution is 2.10. The van der Waals surface area contributed by atoms with Gasteiger partial charge in [0.05, 0.1) is 25.2 Å².